The fourth-order valence-corrected chi connectivity index (χ4v) is 25.3. The minimum absolute atomic E-state index is 0.928. The molecule has 0 unspecified atom stereocenters. The summed E-state index contributed by atoms with van der Waals surface area (Å²) < 4.78 is 16.1. The van der Waals surface area contributed by atoms with Gasteiger partial charge in [-0.3, -0.25) is 0 Å². The fourth-order valence-electron chi connectivity index (χ4n) is 22.6. The van der Waals surface area contributed by atoms with E-state index in [0.29, 0.717) is 0 Å². The molecule has 6 heterocycles. The van der Waals surface area contributed by atoms with Gasteiger partial charge in [0.2, 0.25) is 0 Å². The van der Waals surface area contributed by atoms with E-state index in [-0.39, 0.29) is 0 Å². The molecule has 30 rings (SSSR count). The molecule has 145 heavy (non-hydrogen) atoms. The van der Waals surface area contributed by atoms with E-state index in [1.165, 1.54) is 238 Å². The lowest BCUT2D eigenvalue weighted by Gasteiger charge is -2.26. The summed E-state index contributed by atoms with van der Waals surface area (Å²) in [5.74, 6) is 0. The van der Waals surface area contributed by atoms with Crippen molar-refractivity contribution in [2.24, 2.45) is 0 Å². The first-order chi connectivity index (χ1) is 71.8. The Hall–Kier alpha value is -17.8. The second kappa shape index (κ2) is 35.5. The zero-order chi connectivity index (χ0) is 95.7. The molecule has 0 atom stereocenters. The lowest BCUT2D eigenvalue weighted by molar-refractivity contribution is 1.16. The molecule has 30 aromatic rings. The summed E-state index contributed by atoms with van der Waals surface area (Å²) in [4.78, 5) is 2.40. The van der Waals surface area contributed by atoms with Gasteiger partial charge in [0.25, 0.3) is 0 Å². The molecule has 6 aromatic heterocycles. The van der Waals surface area contributed by atoms with Crippen LogP contribution in [-0.2, 0) is 6.42 Å². The van der Waals surface area contributed by atoms with E-state index >= 15 is 0 Å². The third kappa shape index (κ3) is 15.0. The van der Waals surface area contributed by atoms with Gasteiger partial charge in [0.15, 0.2) is 0 Å². The highest BCUT2D eigenvalue weighted by Gasteiger charge is 2.25. The molecule has 0 spiro atoms. The Morgan fingerprint density at radius 1 is 0.172 bits per heavy atom. The van der Waals surface area contributed by atoms with Crippen molar-refractivity contribution in [1.29, 1.82) is 0 Å². The fraction of sp³-hybridized carbons (Fsp3) is 0.00730. The van der Waals surface area contributed by atoms with Crippen LogP contribution in [0.5, 0.6) is 0 Å². The summed E-state index contributed by atoms with van der Waals surface area (Å²) in [6.45, 7) is 0. The van der Waals surface area contributed by atoms with Crippen LogP contribution in [0.3, 0.4) is 0 Å². The maximum Gasteiger partial charge on any atom is 0.0561 e. The molecule has 0 aliphatic rings. The standard InChI is InChI=1S/C68H43N3S.C40H24BrNS.C29H21N/c1-3-18-51(19-4-1)70-63-24-11-9-22-56(63)57-36-34-55(42-65(57)70)69(54-33-28-44-14-7-8-15-48(44)39-54)53-31-26-45(27-32-53)46-16-13-17-47(38-46)49-30-37-64-61(40-49)62-41-50-29-35-59-58-23-10-12-25-67(58)72-68(59)60(50)43-66(62)71(64)52-20-5-2-6-21-52;41-30-17-13-25(14-18-30)26-7-6-8-27(21-26)28-16-20-37-35(22-28)36-23-29-15-19-33-32-11-4-5-12-39(32)43-40(33)34(29)24-38(36)42(37)31-9-2-1-3-10-31;1-2-10-25(11-3-1)30-28-13-7-6-12-26(28)27-17-15-22(20-29(27)30)18-21-14-16-23-8-4-5-9-24(23)19-21/h1-43H;1-24H;1-17,19-20H,18H2. The van der Waals surface area contributed by atoms with Crippen molar-refractivity contribution in [3.8, 4) is 67.3 Å². The Morgan fingerprint density at radius 2 is 0.497 bits per heavy atom. The molecule has 0 aliphatic heterocycles. The number of hydrogen-bond donors (Lipinski definition) is 0. The molecule has 0 N–H and O–H groups in total. The largest absolute Gasteiger partial charge is 0.310 e. The van der Waals surface area contributed by atoms with Crippen LogP contribution >= 0.6 is 38.6 Å². The Kier molecular flexibility index (Phi) is 20.9. The van der Waals surface area contributed by atoms with Crippen molar-refractivity contribution in [1.82, 2.24) is 18.3 Å². The van der Waals surface area contributed by atoms with Gasteiger partial charge >= 0.3 is 0 Å². The number of fused-ring (bicyclic) bond motifs is 24. The quantitative estimate of drug-likeness (QED) is 0.113. The Balaban J connectivity index is 0.000000118. The summed E-state index contributed by atoms with van der Waals surface area (Å²) in [7, 11) is 0. The highest BCUT2D eigenvalue weighted by molar-refractivity contribution is 9.10. The van der Waals surface area contributed by atoms with Crippen LogP contribution < -0.4 is 4.90 Å². The molecule has 0 aliphatic carbocycles. The Labute approximate surface area is 853 Å². The van der Waals surface area contributed by atoms with Gasteiger partial charge in [0.1, 0.15) is 0 Å². The number of halogens is 1. The third-order valence-electron chi connectivity index (χ3n) is 29.4. The van der Waals surface area contributed by atoms with Gasteiger partial charge in [-0.1, -0.05) is 350 Å². The number of thiophene rings is 2. The summed E-state index contributed by atoms with van der Waals surface area (Å²) >= 11 is 7.36. The van der Waals surface area contributed by atoms with Crippen molar-refractivity contribution in [3.05, 3.63) is 537 Å². The number of benzene rings is 24. The highest BCUT2D eigenvalue weighted by Crippen LogP contribution is 2.49. The first-order valence-corrected chi connectivity index (χ1v) is 51.9. The second-order valence-corrected chi connectivity index (χ2v) is 41.0. The molecule has 8 heteroatoms. The van der Waals surface area contributed by atoms with E-state index in [4.69, 9.17) is 0 Å². The normalized spacial score (nSPS) is 11.8. The van der Waals surface area contributed by atoms with Crippen LogP contribution in [0.25, 0.3) is 238 Å². The first-order valence-electron chi connectivity index (χ1n) is 49.5. The maximum atomic E-state index is 3.56. The van der Waals surface area contributed by atoms with Gasteiger partial charge in [-0.25, -0.2) is 0 Å². The van der Waals surface area contributed by atoms with Crippen LogP contribution in [0.1, 0.15) is 11.1 Å². The molecule has 0 amide bonds. The number of rotatable bonds is 13. The molecule has 24 aromatic carbocycles. The van der Waals surface area contributed by atoms with Gasteiger partial charge in [0.05, 0.1) is 44.1 Å². The molecule has 0 saturated heterocycles. The first kappa shape index (κ1) is 85.2. The van der Waals surface area contributed by atoms with Gasteiger partial charge in [-0.05, 0) is 282 Å². The molecule has 0 saturated carbocycles. The molecule has 0 fully saturated rings. The Bertz CT molecular complexity index is 10400. The van der Waals surface area contributed by atoms with Crippen molar-refractivity contribution in [2.75, 3.05) is 4.90 Å². The van der Waals surface area contributed by atoms with E-state index in [9.17, 15) is 0 Å². The number of hydrogen-bond acceptors (Lipinski definition) is 3. The van der Waals surface area contributed by atoms with Crippen molar-refractivity contribution >= 4 is 226 Å². The topological polar surface area (TPSA) is 23.0 Å². The average Bonchev–Trinajstić information content (AvgIpc) is 1.57. The smallest absolute Gasteiger partial charge is 0.0561 e. The lowest BCUT2D eigenvalue weighted by atomic mass is 9.97. The summed E-state index contributed by atoms with van der Waals surface area (Å²) in [6.07, 6.45) is 0.928. The molecule has 5 nitrogen and oxygen atoms in total. The van der Waals surface area contributed by atoms with Crippen molar-refractivity contribution < 1.29 is 0 Å². The number of para-hydroxylation sites is 6. The SMILES string of the molecule is Brc1ccc(-c2cccc(-c3ccc4c(c3)c3cc5ccc6c7ccccc7sc6c5cc3n4-c3ccccc3)c2)cc1.c1ccc(-n2c3ccccc3c3ccc(Cc4ccc5ccccc5c4)cc32)cc1.c1ccc(-n2c3ccccc3c3ccc(N(c4ccc(-c5cccc(-c6ccc7c(c6)c6cc8ccc9c%10ccccc%10sc9c8cc6n7-c6ccccc6)c5)cc4)c4ccc5ccccc5c4)cc32)cc1. The Morgan fingerprint density at radius 3 is 0.993 bits per heavy atom. The zero-order valence-corrected chi connectivity index (χ0v) is 82.0. The maximum absolute atomic E-state index is 3.56. The van der Waals surface area contributed by atoms with E-state index in [0.717, 1.165) is 39.3 Å². The molecule has 680 valence electrons. The molecule has 0 bridgehead atoms. The van der Waals surface area contributed by atoms with E-state index in [1.807, 2.05) is 22.7 Å². The monoisotopic (exact) mass is 1950 g/mol. The molecular formula is C137H88BrN5S2. The van der Waals surface area contributed by atoms with Crippen LogP contribution in [0.4, 0.5) is 17.1 Å². The minimum Gasteiger partial charge on any atom is -0.310 e. The third-order valence-corrected chi connectivity index (χ3v) is 32.4. The lowest BCUT2D eigenvalue weighted by Crippen LogP contribution is -2.10. The molecular weight excluding hydrogens is 1860 g/mol. The van der Waals surface area contributed by atoms with Gasteiger partial charge < -0.3 is 23.2 Å². The van der Waals surface area contributed by atoms with E-state index in [2.05, 4.69) is 561 Å². The number of aromatic nitrogens is 4. The number of nitrogens with zero attached hydrogens (tertiary/aromatic N) is 5. The predicted octanol–water partition coefficient (Wildman–Crippen LogP) is 39.3. The minimum atomic E-state index is 0.928. The predicted molar refractivity (Wildman–Crippen MR) is 626 cm³/mol. The highest BCUT2D eigenvalue weighted by atomic mass is 79.9. The second-order valence-electron chi connectivity index (χ2n) is 37.9. The summed E-state index contributed by atoms with van der Waals surface area (Å²) in [5.41, 5.74) is 30.0. The van der Waals surface area contributed by atoms with Gasteiger partial charge in [-0.15, -0.1) is 22.7 Å². The van der Waals surface area contributed by atoms with E-state index < -0.39 is 0 Å². The van der Waals surface area contributed by atoms with Crippen LogP contribution in [0, 0.1) is 0 Å². The zero-order valence-electron chi connectivity index (χ0n) is 78.8. The van der Waals surface area contributed by atoms with Crippen LogP contribution in [0.2, 0.25) is 0 Å². The van der Waals surface area contributed by atoms with Gasteiger partial charge in [0, 0.05) is 138 Å². The van der Waals surface area contributed by atoms with E-state index in [1.54, 1.807) is 0 Å². The van der Waals surface area contributed by atoms with Crippen molar-refractivity contribution in [2.45, 2.75) is 6.42 Å². The van der Waals surface area contributed by atoms with Crippen molar-refractivity contribution in [3.63, 3.8) is 0 Å². The molecule has 0 radical (unpaired) electrons. The summed E-state index contributed by atoms with van der Waals surface area (Å²) in [6, 6.07) is 191. The van der Waals surface area contributed by atoms with Crippen LogP contribution in [-0.4, -0.2) is 18.3 Å². The van der Waals surface area contributed by atoms with Crippen LogP contribution in [0.15, 0.2) is 526 Å². The average molecular weight is 1950 g/mol. The number of anilines is 3. The summed E-state index contributed by atoms with van der Waals surface area (Å²) in [5, 5.41) is 25.6. The van der Waals surface area contributed by atoms with Gasteiger partial charge in [-0.2, -0.15) is 0 Å².